The van der Waals surface area contributed by atoms with Crippen molar-refractivity contribution >= 4 is 0 Å². The molecule has 17 heavy (non-hydrogen) atoms. The normalized spacial score (nSPS) is 12.2. The van der Waals surface area contributed by atoms with Crippen LogP contribution in [0.2, 0.25) is 0 Å². The molecule has 4 nitrogen and oxygen atoms in total. The first-order valence-corrected chi connectivity index (χ1v) is 6.12. The molecule has 0 unspecified atom stereocenters. The summed E-state index contributed by atoms with van der Waals surface area (Å²) in [6.07, 6.45) is -0.454. The topological polar surface area (TPSA) is 55.3 Å². The highest BCUT2D eigenvalue weighted by molar-refractivity contribution is 5.39. The number of para-hydroxylation sites is 2. The number of hydrogen-bond donors (Lipinski definition) is 2. The maximum atomic E-state index is 9.67. The SMILES string of the molecule is CC[NH2+]C[C@@H](O)COc1ccccc1OCC. The van der Waals surface area contributed by atoms with Crippen molar-refractivity contribution in [1.29, 1.82) is 0 Å². The molecule has 0 fully saturated rings. The van der Waals surface area contributed by atoms with Crippen molar-refractivity contribution in [2.45, 2.75) is 20.0 Å². The van der Waals surface area contributed by atoms with Crippen molar-refractivity contribution < 1.29 is 19.9 Å². The maximum absolute atomic E-state index is 9.67. The van der Waals surface area contributed by atoms with Gasteiger partial charge in [-0.2, -0.15) is 0 Å². The van der Waals surface area contributed by atoms with Gasteiger partial charge in [0.05, 0.1) is 13.2 Å². The number of nitrogens with two attached hydrogens (primary N) is 1. The smallest absolute Gasteiger partial charge is 0.161 e. The third-order valence-corrected chi connectivity index (χ3v) is 2.31. The van der Waals surface area contributed by atoms with E-state index in [1.807, 2.05) is 36.5 Å². The molecule has 0 aliphatic rings. The highest BCUT2D eigenvalue weighted by Gasteiger charge is 2.09. The van der Waals surface area contributed by atoms with Crippen LogP contribution in [0, 0.1) is 0 Å². The summed E-state index contributed by atoms with van der Waals surface area (Å²) in [5.74, 6) is 1.41. The second-order valence-electron chi connectivity index (χ2n) is 3.78. The predicted octanol–water partition coefficient (Wildman–Crippen LogP) is 0.408. The molecule has 0 heterocycles. The van der Waals surface area contributed by atoms with Crippen LogP contribution in [-0.2, 0) is 0 Å². The van der Waals surface area contributed by atoms with Gasteiger partial charge in [0.15, 0.2) is 11.5 Å². The summed E-state index contributed by atoms with van der Waals surface area (Å²) in [6.45, 7) is 6.51. The maximum Gasteiger partial charge on any atom is 0.161 e. The minimum atomic E-state index is -0.454. The Balaban J connectivity index is 2.44. The first-order valence-electron chi connectivity index (χ1n) is 6.12. The molecule has 0 saturated carbocycles. The molecule has 3 N–H and O–H groups in total. The monoisotopic (exact) mass is 240 g/mol. The van der Waals surface area contributed by atoms with E-state index in [4.69, 9.17) is 9.47 Å². The Morgan fingerprint density at radius 1 is 1.18 bits per heavy atom. The Morgan fingerprint density at radius 2 is 1.82 bits per heavy atom. The number of rotatable bonds is 8. The van der Waals surface area contributed by atoms with Crippen LogP contribution < -0.4 is 14.8 Å². The third kappa shape index (κ3) is 5.06. The van der Waals surface area contributed by atoms with E-state index in [1.165, 1.54) is 0 Å². The van der Waals surface area contributed by atoms with E-state index < -0.39 is 6.10 Å². The van der Waals surface area contributed by atoms with Gasteiger partial charge in [0.1, 0.15) is 19.3 Å². The number of aliphatic hydroxyl groups is 1. The molecule has 1 aromatic rings. The zero-order valence-electron chi connectivity index (χ0n) is 10.6. The van der Waals surface area contributed by atoms with Gasteiger partial charge in [-0.25, -0.2) is 0 Å². The van der Waals surface area contributed by atoms with Gasteiger partial charge < -0.3 is 19.9 Å². The molecule has 0 spiro atoms. The largest absolute Gasteiger partial charge is 0.490 e. The molecule has 0 bridgehead atoms. The number of quaternary nitrogens is 1. The van der Waals surface area contributed by atoms with Crippen LogP contribution in [0.1, 0.15) is 13.8 Å². The second-order valence-corrected chi connectivity index (χ2v) is 3.78. The summed E-state index contributed by atoms with van der Waals surface area (Å²) in [5, 5.41) is 11.7. The summed E-state index contributed by atoms with van der Waals surface area (Å²) in [7, 11) is 0. The molecule has 1 atom stereocenters. The molecule has 0 radical (unpaired) electrons. The minimum Gasteiger partial charge on any atom is -0.490 e. The third-order valence-electron chi connectivity index (χ3n) is 2.31. The summed E-state index contributed by atoms with van der Waals surface area (Å²) in [4.78, 5) is 0. The van der Waals surface area contributed by atoms with E-state index in [2.05, 4.69) is 6.92 Å². The first-order chi connectivity index (χ1) is 8.27. The van der Waals surface area contributed by atoms with Gasteiger partial charge in [-0.3, -0.25) is 0 Å². The summed E-state index contributed by atoms with van der Waals surface area (Å²) >= 11 is 0. The van der Waals surface area contributed by atoms with E-state index in [9.17, 15) is 5.11 Å². The van der Waals surface area contributed by atoms with Crippen LogP contribution in [0.3, 0.4) is 0 Å². The Morgan fingerprint density at radius 3 is 2.41 bits per heavy atom. The molecule has 1 rings (SSSR count). The Bertz CT molecular complexity index is 317. The highest BCUT2D eigenvalue weighted by atomic mass is 16.5. The summed E-state index contributed by atoms with van der Waals surface area (Å²) in [6, 6.07) is 7.51. The zero-order chi connectivity index (χ0) is 12.5. The fraction of sp³-hybridized carbons (Fsp3) is 0.538. The average Bonchev–Trinajstić information content (AvgIpc) is 2.35. The van der Waals surface area contributed by atoms with Crippen molar-refractivity contribution in [1.82, 2.24) is 0 Å². The predicted molar refractivity (Wildman–Crippen MR) is 66.4 cm³/mol. The lowest BCUT2D eigenvalue weighted by molar-refractivity contribution is -0.658. The van der Waals surface area contributed by atoms with Crippen molar-refractivity contribution in [3.63, 3.8) is 0 Å². The van der Waals surface area contributed by atoms with Gasteiger partial charge in [-0.1, -0.05) is 12.1 Å². The van der Waals surface area contributed by atoms with Crippen molar-refractivity contribution in [3.8, 4) is 11.5 Å². The van der Waals surface area contributed by atoms with Crippen LogP contribution in [0.15, 0.2) is 24.3 Å². The van der Waals surface area contributed by atoms with Crippen molar-refractivity contribution in [2.24, 2.45) is 0 Å². The van der Waals surface area contributed by atoms with Gasteiger partial charge in [0.2, 0.25) is 0 Å². The molecule has 0 aliphatic carbocycles. The Labute approximate surface area is 103 Å². The van der Waals surface area contributed by atoms with Crippen LogP contribution in [0.25, 0.3) is 0 Å². The molecule has 96 valence electrons. The average molecular weight is 240 g/mol. The van der Waals surface area contributed by atoms with Crippen LogP contribution in [0.4, 0.5) is 0 Å². The first kappa shape index (κ1) is 13.8. The number of hydrogen-bond acceptors (Lipinski definition) is 3. The van der Waals surface area contributed by atoms with Crippen LogP contribution >= 0.6 is 0 Å². The minimum absolute atomic E-state index is 0.292. The fourth-order valence-corrected chi connectivity index (χ4v) is 1.46. The van der Waals surface area contributed by atoms with Gasteiger partial charge in [0.25, 0.3) is 0 Å². The van der Waals surface area contributed by atoms with Gasteiger partial charge in [0, 0.05) is 0 Å². The fourth-order valence-electron chi connectivity index (χ4n) is 1.46. The van der Waals surface area contributed by atoms with E-state index in [0.717, 1.165) is 12.3 Å². The zero-order valence-corrected chi connectivity index (χ0v) is 10.6. The Kier molecular flexibility index (Phi) is 6.43. The number of benzene rings is 1. The lowest BCUT2D eigenvalue weighted by Gasteiger charge is -2.13. The highest BCUT2D eigenvalue weighted by Crippen LogP contribution is 2.26. The number of ether oxygens (including phenoxy) is 2. The van der Waals surface area contributed by atoms with Gasteiger partial charge in [-0.15, -0.1) is 0 Å². The lowest BCUT2D eigenvalue weighted by Crippen LogP contribution is -2.86. The molecule has 0 amide bonds. The van der Waals surface area contributed by atoms with E-state index in [1.54, 1.807) is 0 Å². The molecular formula is C13H22NO3+. The van der Waals surface area contributed by atoms with Crippen molar-refractivity contribution in [3.05, 3.63) is 24.3 Å². The summed E-state index contributed by atoms with van der Waals surface area (Å²) in [5.41, 5.74) is 0. The molecule has 0 aromatic heterocycles. The van der Waals surface area contributed by atoms with Crippen molar-refractivity contribution in [2.75, 3.05) is 26.3 Å². The number of likely N-dealkylation sites (N-methyl/N-ethyl adjacent to an activating group) is 1. The molecule has 0 aliphatic heterocycles. The molecular weight excluding hydrogens is 218 g/mol. The van der Waals surface area contributed by atoms with Crippen LogP contribution in [-0.4, -0.2) is 37.5 Å². The van der Waals surface area contributed by atoms with E-state index >= 15 is 0 Å². The quantitative estimate of drug-likeness (QED) is 0.692. The Hall–Kier alpha value is -1.26. The van der Waals surface area contributed by atoms with E-state index in [-0.39, 0.29) is 0 Å². The standard InChI is InChI=1S/C13H21NO3/c1-3-14-9-11(15)10-17-13-8-6-5-7-12(13)16-4-2/h5-8,11,14-15H,3-4,9-10H2,1-2H3/p+1/t11-/m1/s1. The molecule has 1 aromatic carbocycles. The van der Waals surface area contributed by atoms with Gasteiger partial charge in [-0.05, 0) is 26.0 Å². The summed E-state index contributed by atoms with van der Waals surface area (Å²) < 4.78 is 11.0. The number of aliphatic hydroxyl groups excluding tert-OH is 1. The van der Waals surface area contributed by atoms with E-state index in [0.29, 0.717) is 25.5 Å². The molecule has 4 heteroatoms. The van der Waals surface area contributed by atoms with Gasteiger partial charge >= 0.3 is 0 Å². The molecule has 0 saturated heterocycles. The lowest BCUT2D eigenvalue weighted by atomic mass is 10.3. The van der Waals surface area contributed by atoms with Crippen LogP contribution in [0.5, 0.6) is 11.5 Å². The second kappa shape index (κ2) is 7.92.